The van der Waals surface area contributed by atoms with Crippen LogP contribution in [0.2, 0.25) is 5.02 Å². The first-order chi connectivity index (χ1) is 13.0. The molecule has 6 nitrogen and oxygen atoms in total. The average molecular weight is 384 g/mol. The minimum Gasteiger partial charge on any atom is -0.334 e. The van der Waals surface area contributed by atoms with Gasteiger partial charge in [-0.25, -0.2) is 14.5 Å². The van der Waals surface area contributed by atoms with Gasteiger partial charge in [-0.1, -0.05) is 43.6 Å². The van der Waals surface area contributed by atoms with E-state index in [0.29, 0.717) is 11.6 Å². The summed E-state index contributed by atoms with van der Waals surface area (Å²) in [6, 6.07) is 12.8. The molecule has 27 heavy (non-hydrogen) atoms. The third-order valence-corrected chi connectivity index (χ3v) is 4.44. The number of carbonyl (C=O) groups excluding carboxylic acids is 1. The number of carbonyl (C=O) groups is 1. The second-order valence-electron chi connectivity index (χ2n) is 6.58. The van der Waals surface area contributed by atoms with Gasteiger partial charge < -0.3 is 10.6 Å². The third-order valence-electron chi connectivity index (χ3n) is 4.18. The summed E-state index contributed by atoms with van der Waals surface area (Å²) in [5.74, 6) is 0.975. The Hall–Kier alpha value is -2.86. The quantitative estimate of drug-likeness (QED) is 0.672. The molecular formula is C20H22ClN5O. The Morgan fingerprint density at radius 2 is 1.96 bits per heavy atom. The SMILES string of the molecule is CC(C)[C@@H](NC(=O)NCc1ccc(-n2cccn2)nc1)c1ccc(Cl)cc1. The molecule has 0 spiro atoms. The number of aromatic nitrogens is 3. The predicted octanol–water partition coefficient (Wildman–Crippen LogP) is 4.12. The molecule has 0 aliphatic rings. The molecule has 0 aliphatic carbocycles. The first-order valence-electron chi connectivity index (χ1n) is 8.77. The Morgan fingerprint density at radius 3 is 2.56 bits per heavy atom. The highest BCUT2D eigenvalue weighted by molar-refractivity contribution is 6.30. The maximum atomic E-state index is 12.3. The summed E-state index contributed by atoms with van der Waals surface area (Å²) in [6.45, 7) is 4.53. The fraction of sp³-hybridized carbons (Fsp3) is 0.250. The summed E-state index contributed by atoms with van der Waals surface area (Å²) in [4.78, 5) is 16.7. The van der Waals surface area contributed by atoms with Crippen LogP contribution >= 0.6 is 11.6 Å². The van der Waals surface area contributed by atoms with Crippen LogP contribution in [0.4, 0.5) is 4.79 Å². The van der Waals surface area contributed by atoms with Gasteiger partial charge in [0, 0.05) is 30.2 Å². The Balaban J connectivity index is 1.57. The number of benzene rings is 1. The molecule has 2 amide bonds. The average Bonchev–Trinajstić information content (AvgIpc) is 3.20. The van der Waals surface area contributed by atoms with E-state index in [-0.39, 0.29) is 18.0 Å². The van der Waals surface area contributed by atoms with E-state index in [2.05, 4.69) is 34.6 Å². The van der Waals surface area contributed by atoms with Gasteiger partial charge in [0.05, 0.1) is 6.04 Å². The van der Waals surface area contributed by atoms with E-state index in [1.165, 1.54) is 0 Å². The highest BCUT2D eigenvalue weighted by Gasteiger charge is 2.18. The van der Waals surface area contributed by atoms with Gasteiger partial charge in [0.15, 0.2) is 5.82 Å². The minimum absolute atomic E-state index is 0.0948. The van der Waals surface area contributed by atoms with Crippen LogP contribution in [0.25, 0.3) is 5.82 Å². The number of rotatable bonds is 6. The van der Waals surface area contributed by atoms with Crippen LogP contribution in [0, 0.1) is 5.92 Å². The Bertz CT molecular complexity index is 860. The van der Waals surface area contributed by atoms with Crippen LogP contribution in [0.15, 0.2) is 61.1 Å². The van der Waals surface area contributed by atoms with E-state index >= 15 is 0 Å². The van der Waals surface area contributed by atoms with Gasteiger partial charge in [-0.3, -0.25) is 0 Å². The molecule has 140 valence electrons. The summed E-state index contributed by atoms with van der Waals surface area (Å²) in [6.07, 6.45) is 5.26. The Labute approximate surface area is 163 Å². The van der Waals surface area contributed by atoms with Crippen LogP contribution in [-0.4, -0.2) is 20.8 Å². The summed E-state index contributed by atoms with van der Waals surface area (Å²) < 4.78 is 1.68. The molecule has 7 heteroatoms. The van der Waals surface area contributed by atoms with Gasteiger partial charge in [0.2, 0.25) is 0 Å². The molecule has 3 rings (SSSR count). The number of amides is 2. The van der Waals surface area contributed by atoms with Gasteiger partial charge in [0.1, 0.15) is 0 Å². The second-order valence-corrected chi connectivity index (χ2v) is 7.01. The van der Waals surface area contributed by atoms with Crippen molar-refractivity contribution >= 4 is 17.6 Å². The zero-order chi connectivity index (χ0) is 19.2. The molecule has 0 unspecified atom stereocenters. The Kier molecular flexibility index (Phi) is 6.08. The van der Waals surface area contributed by atoms with E-state index < -0.39 is 0 Å². The first kappa shape index (κ1) is 18.9. The van der Waals surface area contributed by atoms with Crippen LogP contribution < -0.4 is 10.6 Å². The minimum atomic E-state index is -0.222. The highest BCUT2D eigenvalue weighted by Crippen LogP contribution is 2.23. The summed E-state index contributed by atoms with van der Waals surface area (Å²) in [7, 11) is 0. The first-order valence-corrected chi connectivity index (χ1v) is 9.15. The third kappa shape index (κ3) is 5.08. The summed E-state index contributed by atoms with van der Waals surface area (Å²) in [5.41, 5.74) is 1.93. The van der Waals surface area contributed by atoms with Crippen molar-refractivity contribution in [1.29, 1.82) is 0 Å². The lowest BCUT2D eigenvalue weighted by Gasteiger charge is -2.23. The van der Waals surface area contributed by atoms with Crippen molar-refractivity contribution in [1.82, 2.24) is 25.4 Å². The lowest BCUT2D eigenvalue weighted by Crippen LogP contribution is -2.39. The summed E-state index contributed by atoms with van der Waals surface area (Å²) >= 11 is 5.95. The second kappa shape index (κ2) is 8.68. The highest BCUT2D eigenvalue weighted by atomic mass is 35.5. The lowest BCUT2D eigenvalue weighted by molar-refractivity contribution is 0.232. The maximum Gasteiger partial charge on any atom is 0.315 e. The molecule has 2 N–H and O–H groups in total. The van der Waals surface area contributed by atoms with Crippen molar-refractivity contribution in [2.24, 2.45) is 5.92 Å². The molecule has 0 saturated heterocycles. The smallest absolute Gasteiger partial charge is 0.315 e. The zero-order valence-corrected chi connectivity index (χ0v) is 16.0. The zero-order valence-electron chi connectivity index (χ0n) is 15.3. The molecule has 2 aromatic heterocycles. The lowest BCUT2D eigenvalue weighted by atomic mass is 9.96. The van der Waals surface area contributed by atoms with Crippen molar-refractivity contribution in [2.45, 2.75) is 26.4 Å². The number of hydrogen-bond acceptors (Lipinski definition) is 3. The molecule has 2 heterocycles. The van der Waals surface area contributed by atoms with Crippen molar-refractivity contribution < 1.29 is 4.79 Å². The van der Waals surface area contributed by atoms with E-state index in [0.717, 1.165) is 16.9 Å². The van der Waals surface area contributed by atoms with E-state index in [4.69, 9.17) is 11.6 Å². The Morgan fingerprint density at radius 1 is 1.19 bits per heavy atom. The fourth-order valence-corrected chi connectivity index (χ4v) is 2.87. The number of urea groups is 1. The number of pyridine rings is 1. The number of hydrogen-bond donors (Lipinski definition) is 2. The maximum absolute atomic E-state index is 12.3. The molecule has 0 aliphatic heterocycles. The van der Waals surface area contributed by atoms with E-state index in [1.54, 1.807) is 17.1 Å². The number of nitrogens with one attached hydrogen (secondary N) is 2. The van der Waals surface area contributed by atoms with Crippen LogP contribution in [0.5, 0.6) is 0 Å². The molecule has 0 radical (unpaired) electrons. The van der Waals surface area contributed by atoms with Crippen molar-refractivity contribution in [2.75, 3.05) is 0 Å². The molecule has 1 atom stereocenters. The van der Waals surface area contributed by atoms with Gasteiger partial charge >= 0.3 is 6.03 Å². The van der Waals surface area contributed by atoms with Crippen molar-refractivity contribution in [3.8, 4) is 5.82 Å². The van der Waals surface area contributed by atoms with Gasteiger partial charge in [-0.15, -0.1) is 0 Å². The molecule has 0 saturated carbocycles. The van der Waals surface area contributed by atoms with Gasteiger partial charge in [0.25, 0.3) is 0 Å². The van der Waals surface area contributed by atoms with Crippen molar-refractivity contribution in [3.05, 3.63) is 77.2 Å². The van der Waals surface area contributed by atoms with E-state index in [9.17, 15) is 4.79 Å². The molecular weight excluding hydrogens is 362 g/mol. The number of halogens is 1. The van der Waals surface area contributed by atoms with Crippen LogP contribution in [0.3, 0.4) is 0 Å². The topological polar surface area (TPSA) is 71.8 Å². The largest absolute Gasteiger partial charge is 0.334 e. The molecule has 3 aromatic rings. The molecule has 1 aromatic carbocycles. The standard InChI is InChI=1S/C20H22ClN5O/c1-14(2)19(16-5-7-17(21)8-6-16)25-20(27)23-13-15-4-9-18(22-12-15)26-11-3-10-24-26/h3-12,14,19H,13H2,1-2H3,(H2,23,25,27)/t19-/m1/s1. The normalized spacial score (nSPS) is 12.0. The van der Waals surface area contributed by atoms with Gasteiger partial charge in [-0.2, -0.15) is 5.10 Å². The fourth-order valence-electron chi connectivity index (χ4n) is 2.74. The predicted molar refractivity (Wildman–Crippen MR) is 106 cm³/mol. The molecule has 0 fully saturated rings. The van der Waals surface area contributed by atoms with Crippen LogP contribution in [0.1, 0.15) is 31.0 Å². The van der Waals surface area contributed by atoms with Crippen molar-refractivity contribution in [3.63, 3.8) is 0 Å². The summed E-state index contributed by atoms with van der Waals surface area (Å²) in [5, 5.41) is 10.7. The van der Waals surface area contributed by atoms with Crippen LogP contribution in [-0.2, 0) is 6.54 Å². The van der Waals surface area contributed by atoms with Gasteiger partial charge in [-0.05, 0) is 41.3 Å². The number of nitrogens with zero attached hydrogens (tertiary/aromatic N) is 3. The monoisotopic (exact) mass is 383 g/mol. The molecule has 0 bridgehead atoms. The van der Waals surface area contributed by atoms with E-state index in [1.807, 2.05) is 48.7 Å².